The van der Waals surface area contributed by atoms with Crippen LogP contribution in [-0.2, 0) is 9.59 Å². The molecule has 7 nitrogen and oxygen atoms in total. The first kappa shape index (κ1) is 12.3. The summed E-state index contributed by atoms with van der Waals surface area (Å²) in [6.07, 6.45) is -0.567. The van der Waals surface area contributed by atoms with Crippen molar-refractivity contribution in [2.45, 2.75) is 19.4 Å². The molecule has 4 N–H and O–H groups in total. The molecule has 1 aliphatic rings. The van der Waals surface area contributed by atoms with Gasteiger partial charge in [0.1, 0.15) is 12.6 Å². The van der Waals surface area contributed by atoms with Crippen LogP contribution in [0.5, 0.6) is 0 Å². The van der Waals surface area contributed by atoms with Crippen LogP contribution in [0.2, 0.25) is 0 Å². The number of primary amides is 1. The van der Waals surface area contributed by atoms with E-state index in [1.165, 1.54) is 4.90 Å². The van der Waals surface area contributed by atoms with Crippen LogP contribution < -0.4 is 11.1 Å². The lowest BCUT2D eigenvalue weighted by molar-refractivity contribution is -0.137. The Kier molecular flexibility index (Phi) is 3.70. The van der Waals surface area contributed by atoms with Crippen molar-refractivity contribution in [1.29, 1.82) is 0 Å². The zero-order valence-corrected chi connectivity index (χ0v) is 8.97. The molecule has 0 spiro atoms. The molecule has 1 fully saturated rings. The van der Waals surface area contributed by atoms with Crippen LogP contribution in [0, 0.1) is 5.92 Å². The summed E-state index contributed by atoms with van der Waals surface area (Å²) in [5, 5.41) is 10.3. The molecule has 90 valence electrons. The minimum absolute atomic E-state index is 0.0197. The molecule has 0 aromatic carbocycles. The maximum absolute atomic E-state index is 11.6. The van der Waals surface area contributed by atoms with Crippen LogP contribution in [0.25, 0.3) is 0 Å². The minimum atomic E-state index is -1.27. The zero-order valence-electron chi connectivity index (χ0n) is 8.97. The van der Waals surface area contributed by atoms with Gasteiger partial charge in [-0.1, -0.05) is 6.92 Å². The van der Waals surface area contributed by atoms with Crippen molar-refractivity contribution in [3.05, 3.63) is 0 Å². The number of carbonyl (C=O) groups excluding carboxylic acids is 2. The summed E-state index contributed by atoms with van der Waals surface area (Å²) in [5.41, 5.74) is 5.20. The molecule has 16 heavy (non-hydrogen) atoms. The van der Waals surface area contributed by atoms with Gasteiger partial charge in [-0.05, 0) is 12.3 Å². The van der Waals surface area contributed by atoms with Gasteiger partial charge in [0.25, 0.3) is 0 Å². The average Bonchev–Trinajstić information content (AvgIpc) is 2.56. The molecule has 2 atom stereocenters. The normalized spacial score (nSPS) is 24.2. The first-order chi connectivity index (χ1) is 7.43. The number of rotatable bonds is 3. The highest BCUT2D eigenvalue weighted by molar-refractivity contribution is 5.89. The van der Waals surface area contributed by atoms with Crippen molar-refractivity contribution in [3.8, 4) is 0 Å². The summed E-state index contributed by atoms with van der Waals surface area (Å²) in [6.45, 7) is 1.95. The van der Waals surface area contributed by atoms with Gasteiger partial charge in [-0.25, -0.2) is 4.79 Å². The molecule has 1 aliphatic heterocycles. The van der Waals surface area contributed by atoms with Crippen molar-refractivity contribution in [1.82, 2.24) is 10.2 Å². The fourth-order valence-corrected chi connectivity index (χ4v) is 1.91. The second-order valence-electron chi connectivity index (χ2n) is 3.86. The Balaban J connectivity index is 2.61. The summed E-state index contributed by atoms with van der Waals surface area (Å²) in [7, 11) is 0. The van der Waals surface area contributed by atoms with Gasteiger partial charge in [-0.15, -0.1) is 0 Å². The molecular formula is C9H15N3O4. The maximum Gasteiger partial charge on any atom is 0.405 e. The number of nitrogens with two attached hydrogens (primary N) is 1. The number of hydrogen-bond donors (Lipinski definition) is 3. The van der Waals surface area contributed by atoms with Crippen LogP contribution in [-0.4, -0.2) is 47.0 Å². The van der Waals surface area contributed by atoms with E-state index in [1.807, 2.05) is 12.2 Å². The van der Waals surface area contributed by atoms with Crippen LogP contribution in [0.3, 0.4) is 0 Å². The second-order valence-corrected chi connectivity index (χ2v) is 3.86. The molecule has 1 heterocycles. The lowest BCUT2D eigenvalue weighted by atomic mass is 10.0. The Bertz CT molecular complexity index is 318. The first-order valence-corrected chi connectivity index (χ1v) is 4.99. The van der Waals surface area contributed by atoms with Gasteiger partial charge in [0.2, 0.25) is 11.8 Å². The summed E-state index contributed by atoms with van der Waals surface area (Å²) in [5.74, 6) is -0.949. The predicted octanol–water partition coefficient (Wildman–Crippen LogP) is -1.02. The smallest absolute Gasteiger partial charge is 0.405 e. The summed E-state index contributed by atoms with van der Waals surface area (Å²) in [6, 6.07) is -0.622. The number of nitrogens with zero attached hydrogens (tertiary/aromatic N) is 1. The topological polar surface area (TPSA) is 113 Å². The van der Waals surface area contributed by atoms with E-state index < -0.39 is 23.9 Å². The highest BCUT2D eigenvalue weighted by Gasteiger charge is 2.37. The summed E-state index contributed by atoms with van der Waals surface area (Å²) >= 11 is 0. The highest BCUT2D eigenvalue weighted by atomic mass is 16.4. The monoisotopic (exact) mass is 229 g/mol. The summed E-state index contributed by atoms with van der Waals surface area (Å²) < 4.78 is 0. The molecule has 1 saturated heterocycles. The van der Waals surface area contributed by atoms with Gasteiger partial charge in [0.05, 0.1) is 0 Å². The molecule has 1 rings (SSSR count). The Labute approximate surface area is 92.6 Å². The number of likely N-dealkylation sites (tertiary alicyclic amines) is 1. The molecule has 0 aliphatic carbocycles. The third-order valence-electron chi connectivity index (χ3n) is 2.70. The van der Waals surface area contributed by atoms with Crippen LogP contribution in [0.4, 0.5) is 4.79 Å². The van der Waals surface area contributed by atoms with Gasteiger partial charge < -0.3 is 21.1 Å². The highest BCUT2D eigenvalue weighted by Crippen LogP contribution is 2.23. The Morgan fingerprint density at radius 3 is 2.62 bits per heavy atom. The molecule has 7 heteroatoms. The summed E-state index contributed by atoms with van der Waals surface area (Å²) in [4.78, 5) is 34.3. The molecular weight excluding hydrogens is 214 g/mol. The number of carboxylic acid groups (broad SMARTS) is 1. The molecule has 0 saturated carbocycles. The fraction of sp³-hybridized carbons (Fsp3) is 0.667. The SMILES string of the molecule is C[C@@H]1CCN(C(=O)CNC(=O)O)[C@@H]1C(N)=O. The van der Waals surface area contributed by atoms with E-state index in [0.717, 1.165) is 0 Å². The van der Waals surface area contributed by atoms with Crippen molar-refractivity contribution >= 4 is 17.9 Å². The van der Waals surface area contributed by atoms with Crippen molar-refractivity contribution < 1.29 is 19.5 Å². The van der Waals surface area contributed by atoms with Crippen molar-refractivity contribution in [2.75, 3.05) is 13.1 Å². The van der Waals surface area contributed by atoms with Crippen molar-refractivity contribution in [3.63, 3.8) is 0 Å². The third kappa shape index (κ3) is 2.62. The largest absolute Gasteiger partial charge is 0.465 e. The van der Waals surface area contributed by atoms with Gasteiger partial charge in [-0.3, -0.25) is 9.59 Å². The van der Waals surface area contributed by atoms with E-state index in [-0.39, 0.29) is 12.5 Å². The van der Waals surface area contributed by atoms with Gasteiger partial charge in [0.15, 0.2) is 0 Å². The number of nitrogens with one attached hydrogen (secondary N) is 1. The van der Waals surface area contributed by atoms with E-state index in [2.05, 4.69) is 0 Å². The molecule has 0 aromatic rings. The van der Waals surface area contributed by atoms with E-state index in [9.17, 15) is 14.4 Å². The van der Waals surface area contributed by atoms with E-state index in [1.54, 1.807) is 0 Å². The average molecular weight is 229 g/mol. The zero-order chi connectivity index (χ0) is 12.3. The molecule has 3 amide bonds. The van der Waals surface area contributed by atoms with E-state index in [4.69, 9.17) is 10.8 Å². The molecule has 0 unspecified atom stereocenters. The number of carbonyl (C=O) groups is 3. The Morgan fingerprint density at radius 2 is 2.12 bits per heavy atom. The number of hydrogen-bond acceptors (Lipinski definition) is 3. The van der Waals surface area contributed by atoms with Gasteiger partial charge in [-0.2, -0.15) is 0 Å². The van der Waals surface area contributed by atoms with Crippen molar-refractivity contribution in [2.24, 2.45) is 11.7 Å². The van der Waals surface area contributed by atoms with Crippen LogP contribution in [0.15, 0.2) is 0 Å². The molecule has 0 aromatic heterocycles. The second kappa shape index (κ2) is 4.82. The lowest BCUT2D eigenvalue weighted by Crippen LogP contribution is -2.49. The maximum atomic E-state index is 11.6. The van der Waals surface area contributed by atoms with E-state index >= 15 is 0 Å². The van der Waals surface area contributed by atoms with Gasteiger partial charge in [0, 0.05) is 6.54 Å². The van der Waals surface area contributed by atoms with E-state index in [0.29, 0.717) is 13.0 Å². The first-order valence-electron chi connectivity index (χ1n) is 4.99. The predicted molar refractivity (Wildman–Crippen MR) is 54.5 cm³/mol. The van der Waals surface area contributed by atoms with Crippen LogP contribution in [0.1, 0.15) is 13.3 Å². The minimum Gasteiger partial charge on any atom is -0.465 e. The lowest BCUT2D eigenvalue weighted by Gasteiger charge is -2.24. The fourth-order valence-electron chi connectivity index (χ4n) is 1.91. The Morgan fingerprint density at radius 1 is 1.50 bits per heavy atom. The molecule has 0 radical (unpaired) electrons. The molecule has 0 bridgehead atoms. The quantitative estimate of drug-likeness (QED) is 0.574. The third-order valence-corrected chi connectivity index (χ3v) is 2.70. The standard InChI is InChI=1S/C9H15N3O4/c1-5-2-3-12(7(5)8(10)14)6(13)4-11-9(15)16/h5,7,11H,2-4H2,1H3,(H2,10,14)(H,15,16)/t5-,7+/m1/s1. The van der Waals surface area contributed by atoms with Gasteiger partial charge >= 0.3 is 6.09 Å². The van der Waals surface area contributed by atoms with Crippen LogP contribution >= 0.6 is 0 Å². The number of amides is 3. The Hall–Kier alpha value is -1.79.